The van der Waals surface area contributed by atoms with Gasteiger partial charge in [0.05, 0.1) is 7.11 Å². The zero-order valence-electron chi connectivity index (χ0n) is 13.2. The van der Waals surface area contributed by atoms with E-state index in [0.717, 1.165) is 25.3 Å². The molecule has 22 heavy (non-hydrogen) atoms. The highest BCUT2D eigenvalue weighted by molar-refractivity contribution is 5.84. The average Bonchev–Trinajstić information content (AvgIpc) is 2.96. The minimum atomic E-state index is 0.908. The molecule has 0 bridgehead atoms. The van der Waals surface area contributed by atoms with Crippen LogP contribution in [0.3, 0.4) is 0 Å². The van der Waals surface area contributed by atoms with E-state index in [2.05, 4.69) is 65.6 Å². The lowest BCUT2D eigenvalue weighted by Crippen LogP contribution is -2.20. The summed E-state index contributed by atoms with van der Waals surface area (Å²) in [4.78, 5) is 5.69. The Morgan fingerprint density at radius 1 is 1.09 bits per heavy atom. The quantitative estimate of drug-likeness (QED) is 0.748. The van der Waals surface area contributed by atoms with Gasteiger partial charge >= 0.3 is 0 Å². The molecule has 0 aliphatic heterocycles. The normalized spacial score (nSPS) is 11.2. The summed E-state index contributed by atoms with van der Waals surface area (Å²) in [6, 6.07) is 16.8. The summed E-state index contributed by atoms with van der Waals surface area (Å²) in [5.41, 5.74) is 3.86. The van der Waals surface area contributed by atoms with Crippen molar-refractivity contribution in [2.75, 3.05) is 20.7 Å². The number of likely N-dealkylation sites (N-methyl/N-ethyl adjacent to an activating group) is 1. The Kier molecular flexibility index (Phi) is 4.45. The molecule has 0 saturated heterocycles. The van der Waals surface area contributed by atoms with Crippen LogP contribution in [0.1, 0.15) is 11.1 Å². The first-order valence-electron chi connectivity index (χ1n) is 7.63. The lowest BCUT2D eigenvalue weighted by Gasteiger charge is -2.16. The maximum atomic E-state index is 5.33. The fourth-order valence-corrected chi connectivity index (χ4v) is 2.78. The Morgan fingerprint density at radius 3 is 2.68 bits per heavy atom. The van der Waals surface area contributed by atoms with Crippen LogP contribution in [0.15, 0.2) is 54.7 Å². The molecule has 114 valence electrons. The van der Waals surface area contributed by atoms with Gasteiger partial charge in [0, 0.05) is 30.2 Å². The Morgan fingerprint density at radius 2 is 1.91 bits per heavy atom. The van der Waals surface area contributed by atoms with Crippen LogP contribution in [-0.4, -0.2) is 30.6 Å². The standard InChI is InChI=1S/C19H22N2O/c1-21(14-15-6-4-3-5-7-15)11-10-16-13-20-19-9-8-17(22-2)12-18(16)19/h3-9,12-13,20H,10-11,14H2,1-2H3. The van der Waals surface area contributed by atoms with Crippen molar-refractivity contribution in [1.82, 2.24) is 9.88 Å². The van der Waals surface area contributed by atoms with Crippen LogP contribution in [0.5, 0.6) is 5.75 Å². The molecule has 0 unspecified atom stereocenters. The monoisotopic (exact) mass is 294 g/mol. The number of aromatic amines is 1. The molecule has 0 amide bonds. The summed E-state index contributed by atoms with van der Waals surface area (Å²) < 4.78 is 5.33. The van der Waals surface area contributed by atoms with Crippen molar-refractivity contribution in [2.24, 2.45) is 0 Å². The van der Waals surface area contributed by atoms with Gasteiger partial charge in [-0.25, -0.2) is 0 Å². The Hall–Kier alpha value is -2.26. The Bertz CT molecular complexity index is 734. The first-order valence-corrected chi connectivity index (χ1v) is 7.63. The summed E-state index contributed by atoms with van der Waals surface area (Å²) in [5.74, 6) is 0.908. The molecule has 0 atom stereocenters. The number of aromatic nitrogens is 1. The molecule has 1 aromatic heterocycles. The molecule has 3 nitrogen and oxygen atoms in total. The zero-order valence-corrected chi connectivity index (χ0v) is 13.2. The number of rotatable bonds is 6. The second kappa shape index (κ2) is 6.67. The van der Waals surface area contributed by atoms with Gasteiger partial charge in [0.15, 0.2) is 0 Å². The van der Waals surface area contributed by atoms with Crippen LogP contribution in [0, 0.1) is 0 Å². The smallest absolute Gasteiger partial charge is 0.119 e. The minimum Gasteiger partial charge on any atom is -0.497 e. The second-order valence-electron chi connectivity index (χ2n) is 5.70. The lowest BCUT2D eigenvalue weighted by atomic mass is 10.1. The van der Waals surface area contributed by atoms with Crippen molar-refractivity contribution in [3.8, 4) is 5.75 Å². The molecular weight excluding hydrogens is 272 g/mol. The predicted molar refractivity (Wildman–Crippen MR) is 91.3 cm³/mol. The SMILES string of the molecule is COc1ccc2[nH]cc(CCN(C)Cc3ccccc3)c2c1. The lowest BCUT2D eigenvalue weighted by molar-refractivity contribution is 0.331. The number of H-pyrrole nitrogens is 1. The van der Waals surface area contributed by atoms with E-state index in [9.17, 15) is 0 Å². The third-order valence-electron chi connectivity index (χ3n) is 4.03. The van der Waals surface area contributed by atoms with Gasteiger partial charge in [-0.05, 0) is 42.8 Å². The molecule has 0 fully saturated rings. The van der Waals surface area contributed by atoms with E-state index in [0.29, 0.717) is 0 Å². The van der Waals surface area contributed by atoms with Crippen LogP contribution >= 0.6 is 0 Å². The molecule has 2 aromatic carbocycles. The van der Waals surface area contributed by atoms with Crippen molar-refractivity contribution < 1.29 is 4.74 Å². The van der Waals surface area contributed by atoms with Crippen molar-refractivity contribution in [3.05, 3.63) is 65.9 Å². The molecule has 3 rings (SSSR count). The zero-order chi connectivity index (χ0) is 15.4. The molecule has 1 N–H and O–H groups in total. The summed E-state index contributed by atoms with van der Waals surface area (Å²) in [5, 5.41) is 1.26. The first kappa shape index (κ1) is 14.7. The highest BCUT2D eigenvalue weighted by atomic mass is 16.5. The van der Waals surface area contributed by atoms with Gasteiger partial charge in [0.2, 0.25) is 0 Å². The van der Waals surface area contributed by atoms with Crippen molar-refractivity contribution in [2.45, 2.75) is 13.0 Å². The highest BCUT2D eigenvalue weighted by Gasteiger charge is 2.07. The highest BCUT2D eigenvalue weighted by Crippen LogP contribution is 2.24. The van der Waals surface area contributed by atoms with Gasteiger partial charge in [-0.1, -0.05) is 30.3 Å². The molecule has 3 aromatic rings. The first-order chi connectivity index (χ1) is 10.8. The van der Waals surface area contributed by atoms with Gasteiger partial charge in [-0.15, -0.1) is 0 Å². The van der Waals surface area contributed by atoms with Gasteiger partial charge in [0.25, 0.3) is 0 Å². The van der Waals surface area contributed by atoms with E-state index >= 15 is 0 Å². The second-order valence-corrected chi connectivity index (χ2v) is 5.70. The summed E-state index contributed by atoms with van der Waals surface area (Å²) in [6.07, 6.45) is 3.14. The van der Waals surface area contributed by atoms with Crippen LogP contribution in [0.2, 0.25) is 0 Å². The predicted octanol–water partition coefficient (Wildman–Crippen LogP) is 3.85. The van der Waals surface area contributed by atoms with E-state index in [1.54, 1.807) is 7.11 Å². The topological polar surface area (TPSA) is 28.3 Å². The maximum Gasteiger partial charge on any atom is 0.119 e. The van der Waals surface area contributed by atoms with E-state index in [-0.39, 0.29) is 0 Å². The third kappa shape index (κ3) is 3.31. The number of hydrogen-bond acceptors (Lipinski definition) is 2. The number of nitrogens with zero attached hydrogens (tertiary/aromatic N) is 1. The average molecular weight is 294 g/mol. The minimum absolute atomic E-state index is 0.908. The molecule has 0 radical (unpaired) electrons. The van der Waals surface area contributed by atoms with E-state index in [4.69, 9.17) is 4.74 Å². The summed E-state index contributed by atoms with van der Waals surface area (Å²) in [6.45, 7) is 2.01. The van der Waals surface area contributed by atoms with Gasteiger partial charge in [0.1, 0.15) is 5.75 Å². The number of benzene rings is 2. The molecule has 1 heterocycles. The van der Waals surface area contributed by atoms with Crippen LogP contribution in [-0.2, 0) is 13.0 Å². The van der Waals surface area contributed by atoms with Crippen LogP contribution in [0.4, 0.5) is 0 Å². The number of ether oxygens (including phenoxy) is 1. The summed E-state index contributed by atoms with van der Waals surface area (Å²) >= 11 is 0. The Labute approximate surface area is 131 Å². The largest absolute Gasteiger partial charge is 0.497 e. The molecule has 3 heteroatoms. The van der Waals surface area contributed by atoms with Gasteiger partial charge < -0.3 is 14.6 Å². The van der Waals surface area contributed by atoms with Gasteiger partial charge in [-0.3, -0.25) is 0 Å². The molecular formula is C19H22N2O. The van der Waals surface area contributed by atoms with Crippen LogP contribution < -0.4 is 4.74 Å². The number of hydrogen-bond donors (Lipinski definition) is 1. The number of methoxy groups -OCH3 is 1. The molecule has 0 aliphatic rings. The van der Waals surface area contributed by atoms with Crippen molar-refractivity contribution in [1.29, 1.82) is 0 Å². The van der Waals surface area contributed by atoms with E-state index in [1.165, 1.54) is 22.0 Å². The third-order valence-corrected chi connectivity index (χ3v) is 4.03. The summed E-state index contributed by atoms with van der Waals surface area (Å²) in [7, 11) is 3.88. The fraction of sp³-hybridized carbons (Fsp3) is 0.263. The maximum absolute atomic E-state index is 5.33. The van der Waals surface area contributed by atoms with Crippen LogP contribution in [0.25, 0.3) is 10.9 Å². The van der Waals surface area contributed by atoms with Crippen molar-refractivity contribution >= 4 is 10.9 Å². The van der Waals surface area contributed by atoms with E-state index in [1.807, 2.05) is 6.07 Å². The fourth-order valence-electron chi connectivity index (χ4n) is 2.78. The molecule has 0 saturated carbocycles. The number of fused-ring (bicyclic) bond motifs is 1. The van der Waals surface area contributed by atoms with E-state index < -0.39 is 0 Å². The molecule has 0 aliphatic carbocycles. The Balaban J connectivity index is 1.66. The van der Waals surface area contributed by atoms with Crippen molar-refractivity contribution in [3.63, 3.8) is 0 Å². The molecule has 0 spiro atoms. The number of nitrogens with one attached hydrogen (secondary N) is 1. The van der Waals surface area contributed by atoms with Gasteiger partial charge in [-0.2, -0.15) is 0 Å².